The number of aromatic nitrogens is 2. The molecule has 3 heteroatoms. The fourth-order valence-corrected chi connectivity index (χ4v) is 2.94. The summed E-state index contributed by atoms with van der Waals surface area (Å²) in [6.07, 6.45) is 7.44. The first-order valence-electron chi connectivity index (χ1n) is 5.76. The quantitative estimate of drug-likeness (QED) is 0.683. The monoisotopic (exact) mass is 252 g/mol. The maximum atomic E-state index is 4.20. The molecule has 0 N–H and O–H groups in total. The number of thiophene rings is 1. The Morgan fingerprint density at radius 2 is 1.72 bits per heavy atom. The van der Waals surface area contributed by atoms with Gasteiger partial charge in [0.25, 0.3) is 0 Å². The Morgan fingerprint density at radius 3 is 2.50 bits per heavy atom. The lowest BCUT2D eigenvalue weighted by molar-refractivity contribution is 1.29. The van der Waals surface area contributed by atoms with Crippen molar-refractivity contribution in [2.45, 2.75) is 6.92 Å². The molecule has 3 heterocycles. The third-order valence-corrected chi connectivity index (χ3v) is 4.02. The van der Waals surface area contributed by atoms with Crippen LogP contribution in [-0.4, -0.2) is 9.97 Å². The number of nitrogens with zero attached hydrogens (tertiary/aromatic N) is 2. The Balaban J connectivity index is 2.03. The van der Waals surface area contributed by atoms with E-state index in [1.807, 2.05) is 30.7 Å². The van der Waals surface area contributed by atoms with Crippen molar-refractivity contribution in [1.29, 1.82) is 0 Å². The van der Waals surface area contributed by atoms with Crippen LogP contribution < -0.4 is 0 Å². The van der Waals surface area contributed by atoms with E-state index in [4.69, 9.17) is 0 Å². The molecule has 3 aromatic heterocycles. The van der Waals surface area contributed by atoms with Gasteiger partial charge in [-0.15, -0.1) is 11.3 Å². The number of hydrogen-bond donors (Lipinski definition) is 0. The van der Waals surface area contributed by atoms with Crippen molar-refractivity contribution in [3.63, 3.8) is 0 Å². The molecule has 0 bridgehead atoms. The number of hydrogen-bond acceptors (Lipinski definition) is 3. The Morgan fingerprint density at radius 1 is 0.889 bits per heavy atom. The number of aryl methyl sites for hydroxylation is 1. The minimum Gasteiger partial charge on any atom is -0.264 e. The zero-order valence-electron chi connectivity index (χ0n) is 10.00. The molecule has 0 amide bonds. The van der Waals surface area contributed by atoms with E-state index in [2.05, 4.69) is 35.1 Å². The molecule has 0 spiro atoms. The van der Waals surface area contributed by atoms with Crippen LogP contribution >= 0.6 is 11.3 Å². The van der Waals surface area contributed by atoms with Gasteiger partial charge in [0.1, 0.15) is 0 Å². The Hall–Kier alpha value is -2.00. The van der Waals surface area contributed by atoms with Crippen molar-refractivity contribution >= 4 is 11.3 Å². The first-order valence-corrected chi connectivity index (χ1v) is 6.57. The highest BCUT2D eigenvalue weighted by Crippen LogP contribution is 2.34. The standard InChI is InChI=1S/C15H12N2S/c1-11-6-8-17-10-13(11)15-5-4-14(18-15)12-3-2-7-16-9-12/h2-10H,1H3. The second kappa shape index (κ2) is 4.70. The molecule has 18 heavy (non-hydrogen) atoms. The minimum absolute atomic E-state index is 1.16. The molecule has 88 valence electrons. The lowest BCUT2D eigenvalue weighted by Gasteiger charge is -2.00. The molecule has 0 aromatic carbocycles. The molecule has 0 aliphatic heterocycles. The van der Waals surface area contributed by atoms with Crippen LogP contribution in [0.2, 0.25) is 0 Å². The van der Waals surface area contributed by atoms with Crippen LogP contribution in [0.25, 0.3) is 20.9 Å². The van der Waals surface area contributed by atoms with E-state index in [-0.39, 0.29) is 0 Å². The average molecular weight is 252 g/mol. The predicted molar refractivity (Wildman–Crippen MR) is 75.5 cm³/mol. The summed E-state index contributed by atoms with van der Waals surface area (Å²) in [6, 6.07) is 10.4. The van der Waals surface area contributed by atoms with Gasteiger partial charge in [0, 0.05) is 45.7 Å². The molecule has 0 aliphatic rings. The van der Waals surface area contributed by atoms with Gasteiger partial charge in [0.05, 0.1) is 0 Å². The van der Waals surface area contributed by atoms with E-state index in [0.717, 1.165) is 5.56 Å². The van der Waals surface area contributed by atoms with Gasteiger partial charge in [0.15, 0.2) is 0 Å². The van der Waals surface area contributed by atoms with Crippen molar-refractivity contribution in [3.8, 4) is 20.9 Å². The molecule has 0 aliphatic carbocycles. The van der Waals surface area contributed by atoms with E-state index in [0.29, 0.717) is 0 Å². The van der Waals surface area contributed by atoms with Gasteiger partial charge >= 0.3 is 0 Å². The van der Waals surface area contributed by atoms with Crippen LogP contribution in [0, 0.1) is 6.92 Å². The second-order valence-electron chi connectivity index (χ2n) is 4.10. The summed E-state index contributed by atoms with van der Waals surface area (Å²) in [4.78, 5) is 10.8. The predicted octanol–water partition coefficient (Wildman–Crippen LogP) is 4.18. The Kier molecular flexibility index (Phi) is 2.90. The summed E-state index contributed by atoms with van der Waals surface area (Å²) in [5.74, 6) is 0. The van der Waals surface area contributed by atoms with Crippen molar-refractivity contribution in [1.82, 2.24) is 9.97 Å². The highest BCUT2D eigenvalue weighted by molar-refractivity contribution is 7.18. The lowest BCUT2D eigenvalue weighted by atomic mass is 10.1. The Bertz CT molecular complexity index is 659. The number of pyridine rings is 2. The van der Waals surface area contributed by atoms with Crippen LogP contribution in [0.1, 0.15) is 5.56 Å². The topological polar surface area (TPSA) is 25.8 Å². The van der Waals surface area contributed by atoms with Gasteiger partial charge < -0.3 is 0 Å². The van der Waals surface area contributed by atoms with Gasteiger partial charge in [0.2, 0.25) is 0 Å². The lowest BCUT2D eigenvalue weighted by Crippen LogP contribution is -1.80. The number of rotatable bonds is 2. The van der Waals surface area contributed by atoms with Gasteiger partial charge in [-0.1, -0.05) is 6.07 Å². The van der Waals surface area contributed by atoms with Crippen molar-refractivity contribution in [3.05, 3.63) is 60.7 Å². The van der Waals surface area contributed by atoms with E-state index in [9.17, 15) is 0 Å². The van der Waals surface area contributed by atoms with E-state index in [1.165, 1.54) is 20.9 Å². The van der Waals surface area contributed by atoms with Crippen LogP contribution in [0.15, 0.2) is 55.1 Å². The summed E-state index contributed by atoms with van der Waals surface area (Å²) < 4.78 is 0. The van der Waals surface area contributed by atoms with Gasteiger partial charge in [-0.3, -0.25) is 9.97 Å². The molecule has 3 rings (SSSR count). The maximum absolute atomic E-state index is 4.20. The van der Waals surface area contributed by atoms with Crippen LogP contribution in [0.3, 0.4) is 0 Å². The summed E-state index contributed by atoms with van der Waals surface area (Å²) in [5.41, 5.74) is 3.62. The van der Waals surface area contributed by atoms with Gasteiger partial charge in [-0.25, -0.2) is 0 Å². The molecule has 0 saturated heterocycles. The van der Waals surface area contributed by atoms with Crippen LogP contribution in [-0.2, 0) is 0 Å². The van der Waals surface area contributed by atoms with Gasteiger partial charge in [-0.05, 0) is 36.8 Å². The minimum atomic E-state index is 1.16. The zero-order valence-corrected chi connectivity index (χ0v) is 10.8. The summed E-state index contributed by atoms with van der Waals surface area (Å²) >= 11 is 1.77. The molecule has 0 unspecified atom stereocenters. The van der Waals surface area contributed by atoms with Crippen LogP contribution in [0.5, 0.6) is 0 Å². The Labute approximate surface area is 110 Å². The van der Waals surface area contributed by atoms with Gasteiger partial charge in [-0.2, -0.15) is 0 Å². The molecule has 0 atom stereocenters. The molecular formula is C15H12N2S. The van der Waals surface area contributed by atoms with Crippen LogP contribution in [0.4, 0.5) is 0 Å². The summed E-state index contributed by atoms with van der Waals surface area (Å²) in [6.45, 7) is 2.11. The molecular weight excluding hydrogens is 240 g/mol. The normalized spacial score (nSPS) is 10.5. The summed E-state index contributed by atoms with van der Waals surface area (Å²) in [7, 11) is 0. The smallest absolute Gasteiger partial charge is 0.0367 e. The van der Waals surface area contributed by atoms with Crippen molar-refractivity contribution in [2.24, 2.45) is 0 Å². The highest BCUT2D eigenvalue weighted by atomic mass is 32.1. The molecule has 0 saturated carbocycles. The second-order valence-corrected chi connectivity index (χ2v) is 5.18. The first-order chi connectivity index (χ1) is 8.84. The van der Waals surface area contributed by atoms with E-state index in [1.54, 1.807) is 17.5 Å². The zero-order chi connectivity index (χ0) is 12.4. The largest absolute Gasteiger partial charge is 0.264 e. The summed E-state index contributed by atoms with van der Waals surface area (Å²) in [5, 5.41) is 0. The molecule has 3 aromatic rings. The average Bonchev–Trinajstić information content (AvgIpc) is 2.90. The maximum Gasteiger partial charge on any atom is 0.0367 e. The van der Waals surface area contributed by atoms with Crippen molar-refractivity contribution in [2.75, 3.05) is 0 Å². The van der Waals surface area contributed by atoms with Crippen molar-refractivity contribution < 1.29 is 0 Å². The van der Waals surface area contributed by atoms with E-state index >= 15 is 0 Å². The molecule has 0 fully saturated rings. The SMILES string of the molecule is Cc1ccncc1-c1ccc(-c2cccnc2)s1. The van der Waals surface area contributed by atoms with E-state index < -0.39 is 0 Å². The third kappa shape index (κ3) is 2.05. The first kappa shape index (κ1) is 11.1. The highest BCUT2D eigenvalue weighted by Gasteiger charge is 2.06. The molecule has 0 radical (unpaired) electrons. The molecule has 2 nitrogen and oxygen atoms in total. The third-order valence-electron chi connectivity index (χ3n) is 2.86. The fraction of sp³-hybridized carbons (Fsp3) is 0.0667. The fourth-order valence-electron chi connectivity index (χ4n) is 1.87.